The minimum atomic E-state index is -0.313. The van der Waals surface area contributed by atoms with Crippen LogP contribution in [-0.4, -0.2) is 19.1 Å². The van der Waals surface area contributed by atoms with Gasteiger partial charge in [-0.15, -0.1) is 0 Å². The molecule has 0 bridgehead atoms. The van der Waals surface area contributed by atoms with Crippen LogP contribution in [0.3, 0.4) is 0 Å². The molecular formula is C18H26N2O2. The normalized spacial score (nSPS) is 14.3. The Kier molecular flexibility index (Phi) is 6.31. The monoisotopic (exact) mass is 302 g/mol. The van der Waals surface area contributed by atoms with Gasteiger partial charge in [0.05, 0.1) is 23.5 Å². The van der Waals surface area contributed by atoms with E-state index in [2.05, 4.69) is 11.4 Å². The molecule has 0 fully saturated rings. The number of benzene rings is 1. The van der Waals surface area contributed by atoms with Crippen molar-refractivity contribution in [1.82, 2.24) is 0 Å². The van der Waals surface area contributed by atoms with E-state index in [0.717, 1.165) is 25.1 Å². The molecule has 0 unspecified atom stereocenters. The molecule has 0 saturated carbocycles. The number of allylic oxidation sites excluding steroid dienone is 1. The van der Waals surface area contributed by atoms with E-state index in [4.69, 9.17) is 10.5 Å². The second-order valence-corrected chi connectivity index (χ2v) is 5.72. The number of esters is 1. The molecule has 1 aromatic rings. The molecule has 0 radical (unpaired) electrons. The number of rotatable bonds is 7. The van der Waals surface area contributed by atoms with E-state index >= 15 is 0 Å². The zero-order valence-corrected chi connectivity index (χ0v) is 13.4. The summed E-state index contributed by atoms with van der Waals surface area (Å²) in [6.07, 6.45) is 9.30. The average molecular weight is 302 g/mol. The second-order valence-electron chi connectivity index (χ2n) is 5.72. The summed E-state index contributed by atoms with van der Waals surface area (Å²) in [5.74, 6) is -0.313. The number of carbonyl (C=O) groups excluding carboxylic acids is 1. The molecule has 0 aliphatic heterocycles. The summed E-state index contributed by atoms with van der Waals surface area (Å²) in [7, 11) is 0. The zero-order chi connectivity index (χ0) is 15.8. The second kappa shape index (κ2) is 8.47. The van der Waals surface area contributed by atoms with E-state index in [1.165, 1.54) is 31.3 Å². The Morgan fingerprint density at radius 1 is 1.36 bits per heavy atom. The maximum Gasteiger partial charge on any atom is 0.338 e. The van der Waals surface area contributed by atoms with Crippen LogP contribution in [-0.2, 0) is 4.74 Å². The van der Waals surface area contributed by atoms with Gasteiger partial charge in [0, 0.05) is 6.54 Å². The highest BCUT2D eigenvalue weighted by molar-refractivity contribution is 5.91. The van der Waals surface area contributed by atoms with Crippen molar-refractivity contribution < 1.29 is 9.53 Å². The molecule has 0 saturated heterocycles. The zero-order valence-electron chi connectivity index (χ0n) is 13.4. The largest absolute Gasteiger partial charge is 0.462 e. The number of nitrogen functional groups attached to an aromatic ring is 1. The van der Waals surface area contributed by atoms with Crippen LogP contribution in [0.5, 0.6) is 0 Å². The van der Waals surface area contributed by atoms with Crippen LogP contribution in [0.25, 0.3) is 0 Å². The van der Waals surface area contributed by atoms with Gasteiger partial charge in [-0.2, -0.15) is 0 Å². The quantitative estimate of drug-likeness (QED) is 0.451. The molecule has 4 heteroatoms. The smallest absolute Gasteiger partial charge is 0.338 e. The molecule has 0 atom stereocenters. The van der Waals surface area contributed by atoms with E-state index < -0.39 is 0 Å². The fourth-order valence-corrected chi connectivity index (χ4v) is 2.62. The predicted octanol–water partition coefficient (Wildman–Crippen LogP) is 4.14. The van der Waals surface area contributed by atoms with Crippen LogP contribution in [0.2, 0.25) is 0 Å². The topological polar surface area (TPSA) is 64.3 Å². The molecule has 3 N–H and O–H groups in total. The summed E-state index contributed by atoms with van der Waals surface area (Å²) in [4.78, 5) is 11.8. The summed E-state index contributed by atoms with van der Waals surface area (Å²) in [5, 5.41) is 3.35. The number of anilines is 2. The Morgan fingerprint density at radius 2 is 2.23 bits per heavy atom. The van der Waals surface area contributed by atoms with Gasteiger partial charge in [-0.05, 0) is 56.7 Å². The Hall–Kier alpha value is -1.97. The van der Waals surface area contributed by atoms with Crippen molar-refractivity contribution in [1.29, 1.82) is 0 Å². The minimum absolute atomic E-state index is 0.313. The first-order chi connectivity index (χ1) is 10.7. The van der Waals surface area contributed by atoms with Gasteiger partial charge in [0.15, 0.2) is 0 Å². The molecule has 1 aliphatic carbocycles. The molecule has 1 aliphatic rings. The molecule has 4 nitrogen and oxygen atoms in total. The Bertz CT molecular complexity index is 538. The lowest BCUT2D eigenvalue weighted by Crippen LogP contribution is -2.09. The van der Waals surface area contributed by atoms with Crippen LogP contribution >= 0.6 is 0 Å². The number of hydrogen-bond acceptors (Lipinski definition) is 4. The molecule has 0 amide bonds. The Labute approximate surface area is 132 Å². The highest BCUT2D eigenvalue weighted by atomic mass is 16.5. The third-order valence-corrected chi connectivity index (χ3v) is 3.87. The number of nitrogens with two attached hydrogens (primary N) is 1. The molecule has 22 heavy (non-hydrogen) atoms. The number of ether oxygens (including phenoxy) is 1. The van der Waals surface area contributed by atoms with Gasteiger partial charge in [0.2, 0.25) is 0 Å². The van der Waals surface area contributed by atoms with Crippen LogP contribution in [0, 0.1) is 0 Å². The van der Waals surface area contributed by atoms with Crippen LogP contribution < -0.4 is 11.1 Å². The fraction of sp³-hybridized carbons (Fsp3) is 0.500. The van der Waals surface area contributed by atoms with Crippen LogP contribution in [0.4, 0.5) is 11.4 Å². The molecule has 2 rings (SSSR count). The van der Waals surface area contributed by atoms with Gasteiger partial charge >= 0.3 is 5.97 Å². The number of hydrogen-bond donors (Lipinski definition) is 2. The van der Waals surface area contributed by atoms with E-state index in [9.17, 15) is 4.79 Å². The van der Waals surface area contributed by atoms with Gasteiger partial charge in [-0.1, -0.05) is 18.6 Å². The molecule has 0 spiro atoms. The van der Waals surface area contributed by atoms with Gasteiger partial charge < -0.3 is 15.8 Å². The summed E-state index contributed by atoms with van der Waals surface area (Å²) < 4.78 is 5.11. The van der Waals surface area contributed by atoms with Crippen molar-refractivity contribution in [3.63, 3.8) is 0 Å². The van der Waals surface area contributed by atoms with Gasteiger partial charge in [0.1, 0.15) is 0 Å². The SMILES string of the molecule is CCCOC(=O)c1ccc(NCCC2=CCCCC2)c(N)c1. The highest BCUT2D eigenvalue weighted by Crippen LogP contribution is 2.23. The lowest BCUT2D eigenvalue weighted by Gasteiger charge is -2.14. The maximum atomic E-state index is 11.8. The lowest BCUT2D eigenvalue weighted by molar-refractivity contribution is 0.0505. The third kappa shape index (κ3) is 4.79. The maximum absolute atomic E-state index is 11.8. The lowest BCUT2D eigenvalue weighted by atomic mass is 9.97. The summed E-state index contributed by atoms with van der Waals surface area (Å²) in [5.41, 5.74) is 9.53. The fourth-order valence-electron chi connectivity index (χ4n) is 2.62. The van der Waals surface area contributed by atoms with Gasteiger partial charge in [0.25, 0.3) is 0 Å². The van der Waals surface area contributed by atoms with Gasteiger partial charge in [-0.25, -0.2) is 4.79 Å². The Morgan fingerprint density at radius 3 is 2.91 bits per heavy atom. The average Bonchev–Trinajstić information content (AvgIpc) is 2.55. The first-order valence-electron chi connectivity index (χ1n) is 8.19. The minimum Gasteiger partial charge on any atom is -0.462 e. The van der Waals surface area contributed by atoms with E-state index in [0.29, 0.717) is 17.9 Å². The van der Waals surface area contributed by atoms with Crippen LogP contribution in [0.1, 0.15) is 55.8 Å². The standard InChI is InChI=1S/C18H26N2O2/c1-2-12-22-18(21)15-8-9-17(16(19)13-15)20-11-10-14-6-4-3-5-7-14/h6,8-9,13,20H,2-5,7,10-12,19H2,1H3. The first-order valence-corrected chi connectivity index (χ1v) is 8.19. The van der Waals surface area contributed by atoms with E-state index in [1.54, 1.807) is 12.1 Å². The van der Waals surface area contributed by atoms with Gasteiger partial charge in [-0.3, -0.25) is 0 Å². The van der Waals surface area contributed by atoms with E-state index in [1.807, 2.05) is 13.0 Å². The third-order valence-electron chi connectivity index (χ3n) is 3.87. The molecule has 120 valence electrons. The number of nitrogens with one attached hydrogen (secondary N) is 1. The number of carbonyl (C=O) groups is 1. The Balaban J connectivity index is 1.86. The molecule has 0 heterocycles. The van der Waals surface area contributed by atoms with Crippen molar-refractivity contribution in [3.05, 3.63) is 35.4 Å². The van der Waals surface area contributed by atoms with Crippen LogP contribution in [0.15, 0.2) is 29.8 Å². The molecular weight excluding hydrogens is 276 g/mol. The van der Waals surface area contributed by atoms with E-state index in [-0.39, 0.29) is 5.97 Å². The molecule has 0 aromatic heterocycles. The summed E-state index contributed by atoms with van der Waals surface area (Å²) in [6.45, 7) is 3.28. The first kappa shape index (κ1) is 16.4. The van der Waals surface area contributed by atoms with Crippen molar-refractivity contribution in [2.45, 2.75) is 45.4 Å². The van der Waals surface area contributed by atoms with Crippen molar-refractivity contribution in [2.75, 3.05) is 24.2 Å². The summed E-state index contributed by atoms with van der Waals surface area (Å²) in [6, 6.07) is 5.30. The van der Waals surface area contributed by atoms with Crippen molar-refractivity contribution in [3.8, 4) is 0 Å². The van der Waals surface area contributed by atoms with Crippen molar-refractivity contribution >= 4 is 17.3 Å². The predicted molar refractivity (Wildman–Crippen MR) is 91.1 cm³/mol. The van der Waals surface area contributed by atoms with Crippen molar-refractivity contribution in [2.24, 2.45) is 0 Å². The highest BCUT2D eigenvalue weighted by Gasteiger charge is 2.09. The molecule has 1 aromatic carbocycles. The summed E-state index contributed by atoms with van der Waals surface area (Å²) >= 11 is 0.